The average Bonchev–Trinajstić information content (AvgIpc) is 3.45. The molecular formula is C26H21N3O3S2. The number of hydrogen-bond donors (Lipinski definition) is 2. The van der Waals surface area contributed by atoms with E-state index in [1.807, 2.05) is 42.5 Å². The van der Waals surface area contributed by atoms with Gasteiger partial charge in [-0.25, -0.2) is 4.98 Å². The van der Waals surface area contributed by atoms with E-state index in [0.29, 0.717) is 40.0 Å². The largest absolute Gasteiger partial charge is 0.488 e. The van der Waals surface area contributed by atoms with Crippen molar-refractivity contribution in [2.24, 2.45) is 0 Å². The highest BCUT2D eigenvalue weighted by atomic mass is 32.1. The molecule has 6 nitrogen and oxygen atoms in total. The highest BCUT2D eigenvalue weighted by molar-refractivity contribution is 7.19. The predicted molar refractivity (Wildman–Crippen MR) is 137 cm³/mol. The molecular weight excluding hydrogens is 466 g/mol. The van der Waals surface area contributed by atoms with E-state index in [4.69, 9.17) is 4.74 Å². The molecule has 3 aromatic heterocycles. The van der Waals surface area contributed by atoms with E-state index in [1.54, 1.807) is 30.5 Å². The summed E-state index contributed by atoms with van der Waals surface area (Å²) < 4.78 is 7.14. The number of amides is 1. The number of carbonyl (C=O) groups excluding carboxylic acids is 1. The van der Waals surface area contributed by atoms with Crippen molar-refractivity contribution in [1.29, 1.82) is 0 Å². The number of rotatable bonds is 7. The Kier molecular flexibility index (Phi) is 6.24. The summed E-state index contributed by atoms with van der Waals surface area (Å²) in [6, 6.07) is 21.7. The molecule has 0 saturated carbocycles. The molecule has 0 aliphatic heterocycles. The van der Waals surface area contributed by atoms with Crippen molar-refractivity contribution in [2.75, 3.05) is 0 Å². The third kappa shape index (κ3) is 4.64. The van der Waals surface area contributed by atoms with Crippen LogP contribution >= 0.6 is 22.7 Å². The highest BCUT2D eigenvalue weighted by Crippen LogP contribution is 2.32. The number of thiophene rings is 1. The number of aromatic amines is 1. The van der Waals surface area contributed by atoms with Gasteiger partial charge < -0.3 is 15.0 Å². The number of H-pyrrole nitrogens is 1. The topological polar surface area (TPSA) is 84.1 Å². The van der Waals surface area contributed by atoms with Crippen molar-refractivity contribution in [3.63, 3.8) is 0 Å². The lowest BCUT2D eigenvalue weighted by Crippen LogP contribution is -2.22. The summed E-state index contributed by atoms with van der Waals surface area (Å²) in [6.07, 6.45) is 1.55. The summed E-state index contributed by atoms with van der Waals surface area (Å²) in [7, 11) is 0. The number of nitrogens with one attached hydrogen (secondary N) is 2. The minimum atomic E-state index is -0.309. The van der Waals surface area contributed by atoms with Crippen LogP contribution in [0.1, 0.15) is 25.8 Å². The number of aromatic nitrogens is 2. The summed E-state index contributed by atoms with van der Waals surface area (Å²) >= 11 is 2.85. The molecule has 0 radical (unpaired) electrons. The number of ether oxygens (including phenoxy) is 1. The molecule has 2 N–H and O–H groups in total. The third-order valence-corrected chi connectivity index (χ3v) is 7.57. The first kappa shape index (κ1) is 22.1. The molecule has 0 aliphatic rings. The van der Waals surface area contributed by atoms with Gasteiger partial charge in [-0.15, -0.1) is 22.7 Å². The fraction of sp³-hybridized carbons (Fsp3) is 0.115. The molecule has 0 aliphatic carbocycles. The molecule has 0 atom stereocenters. The Hall–Kier alpha value is -3.75. The Morgan fingerprint density at radius 2 is 1.85 bits per heavy atom. The van der Waals surface area contributed by atoms with E-state index in [1.165, 1.54) is 21.4 Å². The Labute approximate surface area is 203 Å². The quantitative estimate of drug-likeness (QED) is 0.316. The SMILES string of the molecule is Cc1nc(-c2c(OCc3ccccc3)cc[nH]c2=O)sc1C(=O)NCc1cc2ccccc2s1. The van der Waals surface area contributed by atoms with Gasteiger partial charge in [0.25, 0.3) is 11.5 Å². The van der Waals surface area contributed by atoms with Crippen LogP contribution in [0.25, 0.3) is 20.7 Å². The second-order valence-corrected chi connectivity index (χ2v) is 9.85. The highest BCUT2D eigenvalue weighted by Gasteiger charge is 2.21. The van der Waals surface area contributed by atoms with Crippen molar-refractivity contribution in [1.82, 2.24) is 15.3 Å². The van der Waals surface area contributed by atoms with Crippen LogP contribution in [0.3, 0.4) is 0 Å². The zero-order valence-corrected chi connectivity index (χ0v) is 20.0. The maximum Gasteiger partial charge on any atom is 0.263 e. The first-order valence-electron chi connectivity index (χ1n) is 10.7. The van der Waals surface area contributed by atoms with Crippen LogP contribution in [0.5, 0.6) is 5.75 Å². The van der Waals surface area contributed by atoms with Crippen molar-refractivity contribution >= 4 is 38.7 Å². The summed E-state index contributed by atoms with van der Waals surface area (Å²) in [5.74, 6) is 0.219. The van der Waals surface area contributed by atoms with E-state index in [-0.39, 0.29) is 11.5 Å². The fourth-order valence-electron chi connectivity index (χ4n) is 3.60. The van der Waals surface area contributed by atoms with E-state index >= 15 is 0 Å². The summed E-state index contributed by atoms with van der Waals surface area (Å²) in [4.78, 5) is 34.4. The molecule has 34 heavy (non-hydrogen) atoms. The van der Waals surface area contributed by atoms with Gasteiger partial charge in [0.15, 0.2) is 0 Å². The van der Waals surface area contributed by atoms with Crippen LogP contribution in [0, 0.1) is 6.92 Å². The lowest BCUT2D eigenvalue weighted by Gasteiger charge is -2.09. The number of thiazole rings is 1. The molecule has 0 bridgehead atoms. The molecule has 0 fully saturated rings. The number of fused-ring (bicyclic) bond motifs is 1. The van der Waals surface area contributed by atoms with Crippen molar-refractivity contribution in [2.45, 2.75) is 20.1 Å². The number of carbonyl (C=O) groups is 1. The van der Waals surface area contributed by atoms with Crippen molar-refractivity contribution < 1.29 is 9.53 Å². The van der Waals surface area contributed by atoms with Gasteiger partial charge in [0.1, 0.15) is 27.8 Å². The van der Waals surface area contributed by atoms with Crippen LogP contribution in [-0.2, 0) is 13.2 Å². The molecule has 3 heterocycles. The minimum absolute atomic E-state index is 0.210. The Morgan fingerprint density at radius 1 is 1.06 bits per heavy atom. The van der Waals surface area contributed by atoms with Crippen LogP contribution in [0.15, 0.2) is 77.7 Å². The number of aryl methyl sites for hydroxylation is 1. The maximum atomic E-state index is 12.9. The molecule has 0 unspecified atom stereocenters. The zero-order chi connectivity index (χ0) is 23.5. The Morgan fingerprint density at radius 3 is 2.68 bits per heavy atom. The van der Waals surface area contributed by atoms with Gasteiger partial charge in [0.05, 0.1) is 12.2 Å². The lowest BCUT2D eigenvalue weighted by atomic mass is 10.2. The van der Waals surface area contributed by atoms with Gasteiger partial charge in [-0.05, 0) is 36.1 Å². The molecule has 1 amide bonds. The smallest absolute Gasteiger partial charge is 0.263 e. The third-order valence-electron chi connectivity index (χ3n) is 5.28. The minimum Gasteiger partial charge on any atom is -0.488 e. The van der Waals surface area contributed by atoms with E-state index in [9.17, 15) is 9.59 Å². The van der Waals surface area contributed by atoms with Gasteiger partial charge in [-0.2, -0.15) is 0 Å². The maximum absolute atomic E-state index is 12.9. The Balaban J connectivity index is 1.35. The molecule has 2 aromatic carbocycles. The number of hydrogen-bond acceptors (Lipinski definition) is 6. The van der Waals surface area contributed by atoms with E-state index in [2.05, 4.69) is 33.5 Å². The fourth-order valence-corrected chi connectivity index (χ4v) is 5.64. The van der Waals surface area contributed by atoms with Crippen molar-refractivity contribution in [3.8, 4) is 16.3 Å². The van der Waals surface area contributed by atoms with Gasteiger partial charge in [-0.1, -0.05) is 48.5 Å². The van der Waals surface area contributed by atoms with E-state index < -0.39 is 0 Å². The van der Waals surface area contributed by atoms with Gasteiger partial charge in [-0.3, -0.25) is 9.59 Å². The molecule has 0 spiro atoms. The van der Waals surface area contributed by atoms with Gasteiger partial charge in [0, 0.05) is 15.8 Å². The number of benzene rings is 2. The average molecular weight is 488 g/mol. The summed E-state index contributed by atoms with van der Waals surface area (Å²) in [5, 5.41) is 4.60. The first-order valence-corrected chi connectivity index (χ1v) is 12.3. The van der Waals surface area contributed by atoms with Crippen LogP contribution < -0.4 is 15.6 Å². The van der Waals surface area contributed by atoms with Crippen molar-refractivity contribution in [3.05, 3.63) is 104 Å². The molecule has 8 heteroatoms. The van der Waals surface area contributed by atoms with Crippen LogP contribution in [0.2, 0.25) is 0 Å². The normalized spacial score (nSPS) is 11.0. The number of nitrogens with zero attached hydrogens (tertiary/aromatic N) is 1. The van der Waals surface area contributed by atoms with Crippen LogP contribution in [0.4, 0.5) is 0 Å². The lowest BCUT2D eigenvalue weighted by molar-refractivity contribution is 0.0954. The van der Waals surface area contributed by atoms with Crippen LogP contribution in [-0.4, -0.2) is 15.9 Å². The van der Waals surface area contributed by atoms with E-state index in [0.717, 1.165) is 10.4 Å². The monoisotopic (exact) mass is 487 g/mol. The molecule has 0 saturated heterocycles. The number of pyridine rings is 1. The molecule has 5 rings (SSSR count). The summed E-state index contributed by atoms with van der Waals surface area (Å²) in [6.45, 7) is 2.53. The molecule has 5 aromatic rings. The predicted octanol–water partition coefficient (Wildman–Crippen LogP) is 5.53. The standard InChI is InChI=1S/C26H21N3O3S2/c1-16-23(25(31)28-14-19-13-18-9-5-6-10-21(18)33-19)34-26(29-16)22-20(11-12-27-24(22)30)32-15-17-7-3-2-4-8-17/h2-13H,14-15H2,1H3,(H,27,30)(H,28,31). The Bertz CT molecular complexity index is 1490. The van der Waals surface area contributed by atoms with Gasteiger partial charge in [0.2, 0.25) is 0 Å². The summed E-state index contributed by atoms with van der Waals surface area (Å²) in [5.41, 5.74) is 1.59. The second kappa shape index (κ2) is 9.62. The molecule has 170 valence electrons. The zero-order valence-electron chi connectivity index (χ0n) is 18.3. The first-order chi connectivity index (χ1) is 16.6. The van der Waals surface area contributed by atoms with Gasteiger partial charge >= 0.3 is 0 Å². The second-order valence-electron chi connectivity index (χ2n) is 7.69.